The van der Waals surface area contributed by atoms with Crippen LogP contribution in [0.1, 0.15) is 6.92 Å². The molecule has 6 heteroatoms. The van der Waals surface area contributed by atoms with Crippen molar-refractivity contribution in [1.29, 1.82) is 0 Å². The fourth-order valence-electron chi connectivity index (χ4n) is 1.71. The van der Waals surface area contributed by atoms with Crippen LogP contribution in [0.4, 0.5) is 22.0 Å². The van der Waals surface area contributed by atoms with E-state index >= 15 is 0 Å². The first-order valence-corrected chi connectivity index (χ1v) is 4.34. The topological polar surface area (TPSA) is 26.0 Å². The lowest BCUT2D eigenvalue weighted by Gasteiger charge is -2.38. The van der Waals surface area contributed by atoms with Crippen LogP contribution >= 0.6 is 0 Å². The first-order chi connectivity index (χ1) is 6.37. The highest BCUT2D eigenvalue weighted by atomic mass is 19.2. The number of alkyl halides is 5. The maximum Gasteiger partial charge on any atom is 0.168 e. The highest BCUT2D eigenvalue weighted by Gasteiger charge is 2.54. The number of halogens is 5. The molecule has 0 radical (unpaired) electrons. The third-order valence-electron chi connectivity index (χ3n) is 2.56. The summed E-state index contributed by atoms with van der Waals surface area (Å²) in [7, 11) is 0. The van der Waals surface area contributed by atoms with Crippen LogP contribution in [0.3, 0.4) is 0 Å². The molecule has 14 heavy (non-hydrogen) atoms. The van der Waals surface area contributed by atoms with E-state index in [1.807, 2.05) is 0 Å². The molecule has 0 heterocycles. The van der Waals surface area contributed by atoms with Crippen LogP contribution in [0, 0.1) is 5.92 Å². The van der Waals surface area contributed by atoms with E-state index in [2.05, 4.69) is 0 Å². The van der Waals surface area contributed by atoms with E-state index in [0.29, 0.717) is 0 Å². The molecule has 0 bridgehead atoms. The fourth-order valence-corrected chi connectivity index (χ4v) is 1.71. The average Bonchev–Trinajstić information content (AvgIpc) is 2.11. The van der Waals surface area contributed by atoms with Gasteiger partial charge in [0, 0.05) is 12.0 Å². The summed E-state index contributed by atoms with van der Waals surface area (Å²) in [5.41, 5.74) is 5.18. The number of nitrogens with two attached hydrogens (primary N) is 1. The molecule has 0 amide bonds. The second-order valence-corrected chi connectivity index (χ2v) is 3.66. The minimum absolute atomic E-state index is 1.05. The Labute approximate surface area is 78.5 Å². The van der Waals surface area contributed by atoms with Gasteiger partial charge in [-0.25, -0.2) is 22.0 Å². The molecule has 2 N–H and O–H groups in total. The van der Waals surface area contributed by atoms with Crippen molar-refractivity contribution in [3.05, 3.63) is 0 Å². The highest BCUT2D eigenvalue weighted by Crippen LogP contribution is 2.36. The Bertz CT molecular complexity index is 184. The molecule has 1 saturated carbocycles. The lowest BCUT2D eigenvalue weighted by atomic mass is 9.79. The number of hydrogen-bond acceptors (Lipinski definition) is 1. The van der Waals surface area contributed by atoms with Gasteiger partial charge in [-0.15, -0.1) is 0 Å². The summed E-state index contributed by atoms with van der Waals surface area (Å²) >= 11 is 0. The third kappa shape index (κ3) is 1.71. The SMILES string of the molecule is C[C@H](N)C1C(F)C(F)C(F)C(F)C1F. The Kier molecular flexibility index (Phi) is 3.34. The van der Waals surface area contributed by atoms with Crippen molar-refractivity contribution in [2.75, 3.05) is 0 Å². The molecule has 0 aliphatic heterocycles. The van der Waals surface area contributed by atoms with E-state index in [9.17, 15) is 22.0 Å². The quantitative estimate of drug-likeness (QED) is 0.664. The molecule has 1 nitrogen and oxygen atoms in total. The maximum absolute atomic E-state index is 13.1. The summed E-state index contributed by atoms with van der Waals surface area (Å²) in [5.74, 6) is -1.62. The Morgan fingerprint density at radius 3 is 1.36 bits per heavy atom. The highest BCUT2D eigenvalue weighted by molar-refractivity contribution is 5.01. The molecule has 1 rings (SSSR count). The van der Waals surface area contributed by atoms with Crippen molar-refractivity contribution in [3.8, 4) is 0 Å². The van der Waals surface area contributed by atoms with Crippen LogP contribution < -0.4 is 5.73 Å². The van der Waals surface area contributed by atoms with E-state index in [1.165, 1.54) is 6.92 Å². The average molecular weight is 217 g/mol. The van der Waals surface area contributed by atoms with Crippen LogP contribution in [-0.4, -0.2) is 36.9 Å². The molecule has 1 fully saturated rings. The second kappa shape index (κ2) is 4.00. The lowest BCUT2D eigenvalue weighted by molar-refractivity contribution is -0.0932. The van der Waals surface area contributed by atoms with Gasteiger partial charge in [-0.05, 0) is 6.92 Å². The van der Waals surface area contributed by atoms with E-state index in [-0.39, 0.29) is 0 Å². The van der Waals surface area contributed by atoms with Crippen molar-refractivity contribution >= 4 is 0 Å². The number of hydrogen-bond donors (Lipinski definition) is 1. The van der Waals surface area contributed by atoms with Gasteiger partial charge in [0.05, 0.1) is 0 Å². The van der Waals surface area contributed by atoms with Gasteiger partial charge in [-0.3, -0.25) is 0 Å². The molecule has 0 saturated heterocycles. The van der Waals surface area contributed by atoms with E-state index in [4.69, 9.17) is 5.73 Å². The predicted molar refractivity (Wildman–Crippen MR) is 41.6 cm³/mol. The van der Waals surface area contributed by atoms with Crippen molar-refractivity contribution in [2.24, 2.45) is 11.7 Å². The first kappa shape index (κ1) is 11.7. The zero-order valence-electron chi connectivity index (χ0n) is 7.51. The summed E-state index contributed by atoms with van der Waals surface area (Å²) < 4.78 is 64.4. The Hall–Kier alpha value is -0.390. The monoisotopic (exact) mass is 217 g/mol. The minimum atomic E-state index is -2.74. The van der Waals surface area contributed by atoms with Crippen LogP contribution in [0.2, 0.25) is 0 Å². The van der Waals surface area contributed by atoms with Gasteiger partial charge in [0.15, 0.2) is 18.5 Å². The zero-order chi connectivity index (χ0) is 11.0. The molecule has 4 unspecified atom stereocenters. The smallest absolute Gasteiger partial charge is 0.168 e. The predicted octanol–water partition coefficient (Wildman–Crippen LogP) is 1.65. The van der Waals surface area contributed by atoms with Crippen molar-refractivity contribution < 1.29 is 22.0 Å². The summed E-state index contributed by atoms with van der Waals surface area (Å²) in [4.78, 5) is 0. The Morgan fingerprint density at radius 1 is 0.786 bits per heavy atom. The summed E-state index contributed by atoms with van der Waals surface area (Å²) in [6.45, 7) is 1.24. The standard InChI is InChI=1S/C8H12F5N/c1-2(14)3-4(9)6(11)8(13)7(12)5(3)10/h2-8H,14H2,1H3/t2-,3?,4?,5?,6?,7?,8?/m0/s1. The van der Waals surface area contributed by atoms with Gasteiger partial charge in [0.2, 0.25) is 0 Å². The minimum Gasteiger partial charge on any atom is -0.327 e. The largest absolute Gasteiger partial charge is 0.327 e. The molecule has 1 aliphatic carbocycles. The van der Waals surface area contributed by atoms with Crippen LogP contribution in [0.15, 0.2) is 0 Å². The van der Waals surface area contributed by atoms with Gasteiger partial charge in [-0.1, -0.05) is 0 Å². The third-order valence-corrected chi connectivity index (χ3v) is 2.56. The van der Waals surface area contributed by atoms with E-state index < -0.39 is 42.8 Å². The maximum atomic E-state index is 13.1. The van der Waals surface area contributed by atoms with Crippen LogP contribution in [0.5, 0.6) is 0 Å². The van der Waals surface area contributed by atoms with Crippen LogP contribution in [0.25, 0.3) is 0 Å². The summed E-state index contributed by atoms with van der Waals surface area (Å²) in [6, 6.07) is -1.05. The zero-order valence-corrected chi connectivity index (χ0v) is 7.51. The van der Waals surface area contributed by atoms with E-state index in [0.717, 1.165) is 0 Å². The molecule has 84 valence electrons. The molecule has 0 spiro atoms. The molecular formula is C8H12F5N. The fraction of sp³-hybridized carbons (Fsp3) is 1.00. The molecule has 0 aromatic heterocycles. The summed E-state index contributed by atoms with van der Waals surface area (Å²) in [6.07, 6.45) is -12.8. The number of rotatable bonds is 1. The Balaban J connectivity index is 2.86. The summed E-state index contributed by atoms with van der Waals surface area (Å²) in [5, 5.41) is 0. The molecule has 0 aromatic rings. The van der Waals surface area contributed by atoms with Gasteiger partial charge < -0.3 is 5.73 Å². The van der Waals surface area contributed by atoms with E-state index in [1.54, 1.807) is 0 Å². The van der Waals surface area contributed by atoms with Crippen molar-refractivity contribution in [3.63, 3.8) is 0 Å². The molecule has 5 atom stereocenters. The van der Waals surface area contributed by atoms with Gasteiger partial charge in [0.25, 0.3) is 0 Å². The first-order valence-electron chi connectivity index (χ1n) is 4.34. The van der Waals surface area contributed by atoms with Crippen molar-refractivity contribution in [1.82, 2.24) is 0 Å². The lowest BCUT2D eigenvalue weighted by Crippen LogP contribution is -2.57. The molecule has 0 aromatic carbocycles. The van der Waals surface area contributed by atoms with Crippen molar-refractivity contribution in [2.45, 2.75) is 43.8 Å². The Morgan fingerprint density at radius 2 is 1.07 bits per heavy atom. The van der Waals surface area contributed by atoms with Gasteiger partial charge >= 0.3 is 0 Å². The van der Waals surface area contributed by atoms with Crippen LogP contribution in [-0.2, 0) is 0 Å². The van der Waals surface area contributed by atoms with Gasteiger partial charge in [0.1, 0.15) is 12.3 Å². The normalized spacial score (nSPS) is 51.6. The van der Waals surface area contributed by atoms with Gasteiger partial charge in [-0.2, -0.15) is 0 Å². The second-order valence-electron chi connectivity index (χ2n) is 3.66. The molecular weight excluding hydrogens is 205 g/mol. The molecule has 1 aliphatic rings.